The summed E-state index contributed by atoms with van der Waals surface area (Å²) in [5.74, 6) is 0. The van der Waals surface area contributed by atoms with Gasteiger partial charge in [0.2, 0.25) is 0 Å². The normalized spacial score (nSPS) is 18.4. The largest absolute Gasteiger partial charge is 0.445 e. The number of carbonyl (C=O) groups is 1. The third-order valence-corrected chi connectivity index (χ3v) is 11.8. The van der Waals surface area contributed by atoms with Gasteiger partial charge in [-0.3, -0.25) is 0 Å². The fourth-order valence-corrected chi connectivity index (χ4v) is 4.83. The maximum atomic E-state index is 12.4. The molecule has 1 amide bonds. The number of hydrogen-bond donors (Lipinski definition) is 2. The molecule has 0 aliphatic carbocycles. The molecule has 2 aromatic rings. The molecule has 7 nitrogen and oxygen atoms in total. The minimum absolute atomic E-state index is 0.00380. The average molecular weight is 489 g/mol. The highest BCUT2D eigenvalue weighted by molar-refractivity contribution is 6.74. The predicted octanol–water partition coefficient (Wildman–Crippen LogP) is 5.11. The lowest BCUT2D eigenvalue weighted by Crippen LogP contribution is -2.48. The molecular formula is C26H40N2O5Si. The highest BCUT2D eigenvalue weighted by Gasteiger charge is 2.43. The van der Waals surface area contributed by atoms with Crippen LogP contribution in [0.1, 0.15) is 46.3 Å². The third-order valence-electron chi connectivity index (χ3n) is 7.25. The van der Waals surface area contributed by atoms with E-state index < -0.39 is 26.6 Å². The van der Waals surface area contributed by atoms with Crippen LogP contribution in [0.15, 0.2) is 43.1 Å². The van der Waals surface area contributed by atoms with Crippen molar-refractivity contribution < 1.29 is 23.8 Å². The number of para-hydroxylation sites is 1. The van der Waals surface area contributed by atoms with Crippen LogP contribution in [-0.4, -0.2) is 56.1 Å². The number of benzene rings is 1. The van der Waals surface area contributed by atoms with E-state index in [1.165, 1.54) is 6.08 Å². The smallest absolute Gasteiger partial charge is 0.407 e. The first-order valence-corrected chi connectivity index (χ1v) is 14.8. The molecule has 0 bridgehead atoms. The van der Waals surface area contributed by atoms with Crippen molar-refractivity contribution in [3.8, 4) is 0 Å². The molecular weight excluding hydrogens is 448 g/mol. The van der Waals surface area contributed by atoms with Gasteiger partial charge in [-0.1, -0.05) is 51.6 Å². The first kappa shape index (κ1) is 26.5. The molecule has 0 spiro atoms. The first-order chi connectivity index (χ1) is 15.8. The van der Waals surface area contributed by atoms with Crippen molar-refractivity contribution in [2.24, 2.45) is 0 Å². The van der Waals surface area contributed by atoms with E-state index in [0.717, 1.165) is 23.1 Å². The molecule has 1 aromatic heterocycles. The number of fused-ring (bicyclic) bond motifs is 1. The maximum Gasteiger partial charge on any atom is 0.407 e. The molecule has 8 heteroatoms. The van der Waals surface area contributed by atoms with Gasteiger partial charge < -0.3 is 28.9 Å². The SMILES string of the molecule is C=CCOC(=O)N[C@H](CO[Si](C)(C)C(C)(C)C)[C@H](O)c1cn(C(C)(C)[C@@H]2CO2)c2ccccc12. The lowest BCUT2D eigenvalue weighted by Gasteiger charge is -2.38. The van der Waals surface area contributed by atoms with Crippen LogP contribution in [-0.2, 0) is 19.4 Å². The van der Waals surface area contributed by atoms with Gasteiger partial charge in [0.1, 0.15) is 18.8 Å². The number of rotatable bonds is 10. The maximum absolute atomic E-state index is 12.4. The summed E-state index contributed by atoms with van der Waals surface area (Å²) in [5.41, 5.74) is 1.47. The molecule has 0 radical (unpaired) electrons. The Morgan fingerprint density at radius 2 is 1.97 bits per heavy atom. The summed E-state index contributed by atoms with van der Waals surface area (Å²) in [7, 11) is -2.12. The molecule has 2 N–H and O–H groups in total. The first-order valence-electron chi connectivity index (χ1n) is 11.9. The Labute approximate surface area is 204 Å². The van der Waals surface area contributed by atoms with E-state index in [2.05, 4.69) is 64.2 Å². The van der Waals surface area contributed by atoms with Crippen LogP contribution in [0.2, 0.25) is 18.1 Å². The summed E-state index contributed by atoms with van der Waals surface area (Å²) in [6, 6.07) is 7.29. The molecule has 1 fully saturated rings. The van der Waals surface area contributed by atoms with Gasteiger partial charge in [-0.05, 0) is 38.0 Å². The van der Waals surface area contributed by atoms with E-state index in [1.54, 1.807) is 0 Å². The fraction of sp³-hybridized carbons (Fsp3) is 0.577. The number of aromatic nitrogens is 1. The number of hydrogen-bond acceptors (Lipinski definition) is 5. The van der Waals surface area contributed by atoms with Gasteiger partial charge in [0, 0.05) is 22.7 Å². The summed E-state index contributed by atoms with van der Waals surface area (Å²) in [6.45, 7) is 19.6. The van der Waals surface area contributed by atoms with Crippen molar-refractivity contribution in [3.05, 3.63) is 48.7 Å². The quantitative estimate of drug-likeness (QED) is 0.276. The van der Waals surface area contributed by atoms with Gasteiger partial charge in [0.25, 0.3) is 0 Å². The Balaban J connectivity index is 1.95. The minimum atomic E-state index is -2.12. The zero-order valence-corrected chi connectivity index (χ0v) is 22.6. The number of amides is 1. The Bertz CT molecular complexity index is 1020. The number of nitrogens with zero attached hydrogens (tertiary/aromatic N) is 1. The van der Waals surface area contributed by atoms with Crippen LogP contribution in [0.4, 0.5) is 4.79 Å². The van der Waals surface area contributed by atoms with Gasteiger partial charge in [0.05, 0.1) is 24.8 Å². The number of carbonyl (C=O) groups excluding carboxylic acids is 1. The van der Waals surface area contributed by atoms with Crippen LogP contribution < -0.4 is 5.32 Å². The Hall–Kier alpha value is -2.13. The van der Waals surface area contributed by atoms with Crippen LogP contribution in [0.5, 0.6) is 0 Å². The van der Waals surface area contributed by atoms with E-state index in [9.17, 15) is 9.90 Å². The molecule has 1 aromatic carbocycles. The number of epoxide rings is 1. The van der Waals surface area contributed by atoms with Crippen molar-refractivity contribution >= 4 is 25.3 Å². The number of alkyl carbamates (subject to hydrolysis) is 1. The number of aliphatic hydroxyl groups excluding tert-OH is 1. The van der Waals surface area contributed by atoms with Crippen molar-refractivity contribution in [2.75, 3.05) is 19.8 Å². The molecule has 2 heterocycles. The highest BCUT2D eigenvalue weighted by Crippen LogP contribution is 2.39. The molecule has 0 saturated carbocycles. The number of ether oxygens (including phenoxy) is 2. The lowest BCUT2D eigenvalue weighted by molar-refractivity contribution is 0.0835. The van der Waals surface area contributed by atoms with Crippen molar-refractivity contribution in [3.63, 3.8) is 0 Å². The van der Waals surface area contributed by atoms with Crippen LogP contribution in [0.25, 0.3) is 10.9 Å². The van der Waals surface area contributed by atoms with Gasteiger partial charge >= 0.3 is 6.09 Å². The monoisotopic (exact) mass is 488 g/mol. The topological polar surface area (TPSA) is 85.2 Å². The van der Waals surface area contributed by atoms with Crippen LogP contribution in [0.3, 0.4) is 0 Å². The average Bonchev–Trinajstić information content (AvgIpc) is 3.55. The molecule has 3 atom stereocenters. The fourth-order valence-electron chi connectivity index (χ4n) is 3.80. The molecule has 1 saturated heterocycles. The standard InChI is InChI=1S/C26H40N2O5Si/c1-9-14-31-24(30)27-20(16-33-34(7,8)25(2,3)4)23(29)19-15-28(26(5,6)22-17-32-22)21-13-11-10-12-18(19)21/h9-13,15,20,22-23,29H,1,14,16-17H2,2-8H3,(H,27,30)/t20-,22+,23-/m1/s1. The summed E-state index contributed by atoms with van der Waals surface area (Å²) < 4.78 is 19.3. The zero-order chi connectivity index (χ0) is 25.3. The molecule has 1 aliphatic rings. The van der Waals surface area contributed by atoms with E-state index in [4.69, 9.17) is 13.9 Å². The van der Waals surface area contributed by atoms with Crippen LogP contribution >= 0.6 is 0 Å². The molecule has 34 heavy (non-hydrogen) atoms. The lowest BCUT2D eigenvalue weighted by atomic mass is 10.0. The van der Waals surface area contributed by atoms with Gasteiger partial charge in [-0.15, -0.1) is 0 Å². The summed E-state index contributed by atoms with van der Waals surface area (Å²) >= 11 is 0. The summed E-state index contributed by atoms with van der Waals surface area (Å²) in [6.07, 6.45) is 2.00. The van der Waals surface area contributed by atoms with E-state index in [0.29, 0.717) is 0 Å². The van der Waals surface area contributed by atoms with E-state index in [-0.39, 0.29) is 29.9 Å². The Morgan fingerprint density at radius 1 is 1.32 bits per heavy atom. The number of nitrogens with one attached hydrogen (secondary N) is 1. The zero-order valence-electron chi connectivity index (χ0n) is 21.6. The second-order valence-electron chi connectivity index (χ2n) is 11.1. The predicted molar refractivity (Wildman–Crippen MR) is 138 cm³/mol. The minimum Gasteiger partial charge on any atom is -0.445 e. The third kappa shape index (κ3) is 5.57. The molecule has 1 aliphatic heterocycles. The van der Waals surface area contributed by atoms with Crippen molar-refractivity contribution in [1.82, 2.24) is 9.88 Å². The second-order valence-corrected chi connectivity index (χ2v) is 15.9. The summed E-state index contributed by atoms with van der Waals surface area (Å²) in [5, 5.41) is 15.3. The van der Waals surface area contributed by atoms with E-state index >= 15 is 0 Å². The van der Waals surface area contributed by atoms with Crippen molar-refractivity contribution in [2.45, 2.75) is 76.5 Å². The Morgan fingerprint density at radius 3 is 2.56 bits per heavy atom. The van der Waals surface area contributed by atoms with Crippen LogP contribution in [0, 0.1) is 0 Å². The van der Waals surface area contributed by atoms with Gasteiger partial charge in [-0.25, -0.2) is 4.79 Å². The van der Waals surface area contributed by atoms with Crippen molar-refractivity contribution in [1.29, 1.82) is 0 Å². The van der Waals surface area contributed by atoms with Gasteiger partial charge in [-0.2, -0.15) is 0 Å². The Kier molecular flexibility index (Phi) is 7.67. The molecule has 3 rings (SSSR count). The summed E-state index contributed by atoms with van der Waals surface area (Å²) in [4.78, 5) is 12.4. The number of aliphatic hydroxyl groups is 1. The molecule has 188 valence electrons. The van der Waals surface area contributed by atoms with Gasteiger partial charge in [0.15, 0.2) is 8.32 Å². The molecule has 0 unspecified atom stereocenters. The highest BCUT2D eigenvalue weighted by atomic mass is 28.4. The second kappa shape index (κ2) is 9.85. The van der Waals surface area contributed by atoms with E-state index in [1.807, 2.05) is 30.5 Å².